The number of hydrogen-bond donors (Lipinski definition) is 2. The molecule has 4 heteroatoms. The highest BCUT2D eigenvalue weighted by Crippen LogP contribution is 2.31. The van der Waals surface area contributed by atoms with Crippen molar-refractivity contribution in [1.82, 2.24) is 9.97 Å². The summed E-state index contributed by atoms with van der Waals surface area (Å²) in [5, 5.41) is 6.57. The third-order valence-electron chi connectivity index (χ3n) is 2.62. The highest BCUT2D eigenvalue weighted by molar-refractivity contribution is 5.59. The van der Waals surface area contributed by atoms with E-state index in [1.807, 2.05) is 7.05 Å². The summed E-state index contributed by atoms with van der Waals surface area (Å²) in [5.74, 6) is 2.35. The van der Waals surface area contributed by atoms with Gasteiger partial charge in [-0.05, 0) is 18.8 Å². The van der Waals surface area contributed by atoms with Crippen LogP contribution < -0.4 is 10.6 Å². The predicted molar refractivity (Wildman–Crippen MR) is 62.3 cm³/mol. The molecule has 1 aliphatic rings. The van der Waals surface area contributed by atoms with Gasteiger partial charge in [0, 0.05) is 18.7 Å². The van der Waals surface area contributed by atoms with Gasteiger partial charge in [0.15, 0.2) is 0 Å². The predicted octanol–water partition coefficient (Wildman–Crippen LogP) is 2.22. The number of nitrogens with one attached hydrogen (secondary N) is 2. The smallest absolute Gasteiger partial charge is 0.135 e. The Bertz CT molecular complexity index is 344. The average molecular weight is 206 g/mol. The number of rotatable bonds is 4. The van der Waals surface area contributed by atoms with Gasteiger partial charge in [-0.2, -0.15) is 0 Å². The van der Waals surface area contributed by atoms with Gasteiger partial charge in [-0.25, -0.2) is 9.97 Å². The van der Waals surface area contributed by atoms with Crippen LogP contribution in [0.15, 0.2) is 6.33 Å². The van der Waals surface area contributed by atoms with E-state index in [9.17, 15) is 0 Å². The largest absolute Gasteiger partial charge is 0.373 e. The van der Waals surface area contributed by atoms with Crippen LogP contribution in [0.25, 0.3) is 0 Å². The van der Waals surface area contributed by atoms with Crippen LogP contribution in [0.4, 0.5) is 11.6 Å². The van der Waals surface area contributed by atoms with Crippen molar-refractivity contribution >= 4 is 11.6 Å². The monoisotopic (exact) mass is 206 g/mol. The van der Waals surface area contributed by atoms with Gasteiger partial charge in [0.25, 0.3) is 0 Å². The summed E-state index contributed by atoms with van der Waals surface area (Å²) >= 11 is 0. The topological polar surface area (TPSA) is 49.8 Å². The Labute approximate surface area is 90.5 Å². The minimum atomic E-state index is 0.426. The van der Waals surface area contributed by atoms with Gasteiger partial charge in [-0.3, -0.25) is 0 Å². The van der Waals surface area contributed by atoms with Crippen LogP contribution in [0, 0.1) is 0 Å². The van der Waals surface area contributed by atoms with Crippen molar-refractivity contribution < 1.29 is 0 Å². The molecule has 0 saturated heterocycles. The van der Waals surface area contributed by atoms with Crippen LogP contribution >= 0.6 is 0 Å². The maximum absolute atomic E-state index is 4.33. The third kappa shape index (κ3) is 2.19. The Morgan fingerprint density at radius 1 is 1.27 bits per heavy atom. The van der Waals surface area contributed by atoms with Crippen LogP contribution in [0.3, 0.4) is 0 Å². The molecule has 0 spiro atoms. The quantitative estimate of drug-likeness (QED) is 0.793. The summed E-state index contributed by atoms with van der Waals surface area (Å²) in [7, 11) is 1.90. The zero-order valence-corrected chi connectivity index (χ0v) is 9.54. The molecule has 82 valence electrons. The van der Waals surface area contributed by atoms with Crippen LogP contribution in [0.2, 0.25) is 0 Å². The molecule has 0 amide bonds. The SMILES string of the molecule is CNc1ncnc(NC2CC2)c1C(C)C. The maximum Gasteiger partial charge on any atom is 0.135 e. The van der Waals surface area contributed by atoms with E-state index in [1.165, 1.54) is 18.4 Å². The molecule has 0 aliphatic heterocycles. The zero-order valence-electron chi connectivity index (χ0n) is 9.54. The van der Waals surface area contributed by atoms with Crippen molar-refractivity contribution in [1.29, 1.82) is 0 Å². The normalized spacial score (nSPS) is 15.5. The second kappa shape index (κ2) is 4.04. The van der Waals surface area contributed by atoms with Crippen LogP contribution in [0.1, 0.15) is 38.2 Å². The summed E-state index contributed by atoms with van der Waals surface area (Å²) < 4.78 is 0. The molecule has 2 N–H and O–H groups in total. The number of nitrogens with zero attached hydrogens (tertiary/aromatic N) is 2. The van der Waals surface area contributed by atoms with Crippen molar-refractivity contribution in [2.75, 3.05) is 17.7 Å². The highest BCUT2D eigenvalue weighted by atomic mass is 15.1. The molecule has 1 aromatic heterocycles. The summed E-state index contributed by atoms with van der Waals surface area (Å²) in [6, 6.07) is 0.627. The van der Waals surface area contributed by atoms with Crippen LogP contribution in [0.5, 0.6) is 0 Å². The van der Waals surface area contributed by atoms with E-state index in [-0.39, 0.29) is 0 Å². The minimum absolute atomic E-state index is 0.426. The molecule has 1 saturated carbocycles. The first-order valence-corrected chi connectivity index (χ1v) is 5.51. The van der Waals surface area contributed by atoms with Gasteiger partial charge in [-0.15, -0.1) is 0 Å². The maximum atomic E-state index is 4.33. The number of aromatic nitrogens is 2. The van der Waals surface area contributed by atoms with E-state index in [2.05, 4.69) is 34.4 Å². The molecule has 0 radical (unpaired) electrons. The molecule has 1 aliphatic carbocycles. The minimum Gasteiger partial charge on any atom is -0.373 e. The Morgan fingerprint density at radius 3 is 2.47 bits per heavy atom. The summed E-state index contributed by atoms with van der Waals surface area (Å²) in [6.45, 7) is 4.33. The second-order valence-corrected chi connectivity index (χ2v) is 4.31. The van der Waals surface area contributed by atoms with E-state index < -0.39 is 0 Å². The van der Waals surface area contributed by atoms with Crippen molar-refractivity contribution in [2.45, 2.75) is 38.6 Å². The molecule has 1 aromatic rings. The standard InChI is InChI=1S/C11H18N4/c1-7(2)9-10(12-3)13-6-14-11(9)15-8-4-5-8/h6-8H,4-5H2,1-3H3,(H2,12,13,14,15). The zero-order chi connectivity index (χ0) is 10.8. The second-order valence-electron chi connectivity index (χ2n) is 4.31. The first-order chi connectivity index (χ1) is 7.22. The fourth-order valence-corrected chi connectivity index (χ4v) is 1.68. The van der Waals surface area contributed by atoms with E-state index in [0.29, 0.717) is 12.0 Å². The molecule has 2 rings (SSSR count). The Balaban J connectivity index is 2.32. The lowest BCUT2D eigenvalue weighted by Gasteiger charge is -2.16. The van der Waals surface area contributed by atoms with Crippen molar-refractivity contribution in [3.63, 3.8) is 0 Å². The summed E-state index contributed by atoms with van der Waals surface area (Å²) in [6.07, 6.45) is 4.13. The van der Waals surface area contributed by atoms with Crippen molar-refractivity contribution in [3.05, 3.63) is 11.9 Å². The molecular weight excluding hydrogens is 188 g/mol. The van der Waals surface area contributed by atoms with Gasteiger partial charge in [0.1, 0.15) is 18.0 Å². The van der Waals surface area contributed by atoms with Crippen molar-refractivity contribution in [3.8, 4) is 0 Å². The molecular formula is C11H18N4. The van der Waals surface area contributed by atoms with Gasteiger partial charge in [-0.1, -0.05) is 13.8 Å². The first kappa shape index (κ1) is 10.2. The Hall–Kier alpha value is -1.32. The lowest BCUT2D eigenvalue weighted by Crippen LogP contribution is -2.10. The Morgan fingerprint density at radius 2 is 1.93 bits per heavy atom. The summed E-state index contributed by atoms with van der Waals surface area (Å²) in [4.78, 5) is 8.57. The first-order valence-electron chi connectivity index (χ1n) is 5.51. The van der Waals surface area contributed by atoms with Crippen LogP contribution in [-0.2, 0) is 0 Å². The van der Waals surface area contributed by atoms with Gasteiger partial charge < -0.3 is 10.6 Å². The van der Waals surface area contributed by atoms with E-state index in [0.717, 1.165) is 11.6 Å². The van der Waals surface area contributed by atoms with Gasteiger partial charge in [0.2, 0.25) is 0 Å². The Kier molecular flexibility index (Phi) is 2.75. The number of hydrogen-bond acceptors (Lipinski definition) is 4. The molecule has 0 aromatic carbocycles. The highest BCUT2D eigenvalue weighted by Gasteiger charge is 2.24. The lowest BCUT2D eigenvalue weighted by molar-refractivity contribution is 0.846. The van der Waals surface area contributed by atoms with E-state index >= 15 is 0 Å². The molecule has 4 nitrogen and oxygen atoms in total. The molecule has 15 heavy (non-hydrogen) atoms. The van der Waals surface area contributed by atoms with Gasteiger partial charge >= 0.3 is 0 Å². The average Bonchev–Trinajstić information content (AvgIpc) is 3.01. The third-order valence-corrected chi connectivity index (χ3v) is 2.62. The summed E-state index contributed by atoms with van der Waals surface area (Å²) in [5.41, 5.74) is 1.19. The molecule has 1 heterocycles. The molecule has 0 unspecified atom stereocenters. The lowest BCUT2D eigenvalue weighted by atomic mass is 10.0. The fourth-order valence-electron chi connectivity index (χ4n) is 1.68. The van der Waals surface area contributed by atoms with Crippen molar-refractivity contribution in [2.24, 2.45) is 0 Å². The molecule has 0 bridgehead atoms. The van der Waals surface area contributed by atoms with E-state index in [1.54, 1.807) is 6.33 Å². The van der Waals surface area contributed by atoms with Gasteiger partial charge in [0.05, 0.1) is 0 Å². The van der Waals surface area contributed by atoms with E-state index in [4.69, 9.17) is 0 Å². The fraction of sp³-hybridized carbons (Fsp3) is 0.636. The number of anilines is 2. The van der Waals surface area contributed by atoms with Crippen LogP contribution in [-0.4, -0.2) is 23.1 Å². The molecule has 0 atom stereocenters. The molecule has 1 fully saturated rings.